The first-order valence-corrected chi connectivity index (χ1v) is 9.26. The number of fused-ring (bicyclic) bond motifs is 2. The van der Waals surface area contributed by atoms with Crippen LogP contribution in [0.3, 0.4) is 0 Å². The predicted octanol–water partition coefficient (Wildman–Crippen LogP) is 3.53. The maximum atomic E-state index is 12.5. The molecule has 0 unspecified atom stereocenters. The second-order valence-electron chi connectivity index (χ2n) is 6.47. The second-order valence-corrected chi connectivity index (χ2v) is 6.84. The Labute approximate surface area is 221 Å². The molecule has 0 spiro atoms. The zero-order valence-corrected chi connectivity index (χ0v) is 22.1. The summed E-state index contributed by atoms with van der Waals surface area (Å²) in [6.45, 7) is 3.80. The molecule has 10 heteroatoms. The summed E-state index contributed by atoms with van der Waals surface area (Å²) in [7, 11) is 0. The van der Waals surface area contributed by atoms with Gasteiger partial charge in [-0.1, -0.05) is 38.3 Å². The van der Waals surface area contributed by atoms with Gasteiger partial charge < -0.3 is 14.6 Å². The van der Waals surface area contributed by atoms with Crippen molar-refractivity contribution in [2.24, 2.45) is 0 Å². The number of hydrogen-bond donors (Lipinski definition) is 2. The van der Waals surface area contributed by atoms with Crippen molar-refractivity contribution in [3.05, 3.63) is 50.0 Å². The van der Waals surface area contributed by atoms with E-state index < -0.39 is 23.1 Å². The van der Waals surface area contributed by atoms with E-state index in [0.29, 0.717) is 47.7 Å². The molecule has 0 fully saturated rings. The second kappa shape index (κ2) is 11.1. The van der Waals surface area contributed by atoms with Gasteiger partial charge in [0, 0.05) is 81.7 Å². The molecule has 2 N–H and O–H groups in total. The van der Waals surface area contributed by atoms with Crippen molar-refractivity contribution >= 4 is 105 Å². The topological polar surface area (TPSA) is 118 Å². The molecule has 7 nitrogen and oxygen atoms in total. The molecule has 0 saturated heterocycles. The third-order valence-corrected chi connectivity index (χ3v) is 4.94. The molecular weight excluding hydrogens is 432 g/mol. The van der Waals surface area contributed by atoms with E-state index in [-0.39, 0.29) is 80.8 Å². The quantitative estimate of drug-likeness (QED) is 0.436. The first kappa shape index (κ1) is 27.1. The van der Waals surface area contributed by atoms with Gasteiger partial charge in [-0.3, -0.25) is 4.79 Å². The Kier molecular flexibility index (Phi) is 10.0. The molecule has 1 aromatic carbocycles. The van der Waals surface area contributed by atoms with Gasteiger partial charge >= 0.3 is 11.9 Å². The van der Waals surface area contributed by atoms with Crippen LogP contribution >= 0.6 is 11.6 Å². The maximum absolute atomic E-state index is 12.5. The Bertz CT molecular complexity index is 1190. The number of carbonyl (C=O) groups is 2. The number of aromatic carboxylic acids is 2. The van der Waals surface area contributed by atoms with Crippen LogP contribution in [0.2, 0.25) is 5.02 Å². The molecule has 0 aliphatic heterocycles. The van der Waals surface area contributed by atoms with Crippen LogP contribution in [0.4, 0.5) is 0 Å². The first-order valence-electron chi connectivity index (χ1n) is 8.88. The predicted molar refractivity (Wildman–Crippen MR) is 116 cm³/mol. The van der Waals surface area contributed by atoms with Crippen LogP contribution in [0.1, 0.15) is 58.9 Å². The van der Waals surface area contributed by atoms with Crippen LogP contribution in [0, 0.1) is 0 Å². The van der Waals surface area contributed by atoms with Crippen molar-refractivity contribution in [1.29, 1.82) is 0 Å². The van der Waals surface area contributed by atoms with Crippen LogP contribution in [0.25, 0.3) is 21.9 Å². The van der Waals surface area contributed by atoms with Gasteiger partial charge in [0.05, 0.1) is 15.9 Å². The molecule has 148 valence electrons. The van der Waals surface area contributed by atoms with E-state index in [4.69, 9.17) is 16.0 Å². The first-order chi connectivity index (χ1) is 13.3. The minimum Gasteiger partial charge on any atom is -0.477 e. The SMILES string of the molecule is CCCc1c(C(=O)O)nc2c(CCC)c3oc(C(=O)O)cc(=O)c3cc2c1Cl.[Na].[Na]. The van der Waals surface area contributed by atoms with Crippen molar-refractivity contribution in [3.63, 3.8) is 0 Å². The summed E-state index contributed by atoms with van der Waals surface area (Å²) in [5, 5.41) is 19.7. The molecule has 3 rings (SSSR count). The fraction of sp³-hybridized carbons (Fsp3) is 0.300. The molecule has 0 aliphatic rings. The molecular formula is C20H18ClNNa2O6. The zero-order valence-electron chi connectivity index (χ0n) is 17.3. The van der Waals surface area contributed by atoms with E-state index >= 15 is 0 Å². The summed E-state index contributed by atoms with van der Waals surface area (Å²) in [6, 6.07) is 2.42. The van der Waals surface area contributed by atoms with Crippen molar-refractivity contribution < 1.29 is 24.2 Å². The van der Waals surface area contributed by atoms with E-state index in [2.05, 4.69) is 4.98 Å². The van der Waals surface area contributed by atoms with Crippen molar-refractivity contribution in [3.8, 4) is 0 Å². The van der Waals surface area contributed by atoms with Crippen LogP contribution in [0.5, 0.6) is 0 Å². The molecule has 2 aromatic heterocycles. The van der Waals surface area contributed by atoms with E-state index in [1.807, 2.05) is 13.8 Å². The molecule has 30 heavy (non-hydrogen) atoms. The Balaban J connectivity index is 0.00000225. The van der Waals surface area contributed by atoms with Crippen molar-refractivity contribution in [2.75, 3.05) is 0 Å². The molecule has 0 saturated carbocycles. The largest absolute Gasteiger partial charge is 0.477 e. The Hall–Kier alpha value is -0.930. The third kappa shape index (κ3) is 4.93. The molecule has 0 amide bonds. The van der Waals surface area contributed by atoms with Crippen molar-refractivity contribution in [2.45, 2.75) is 39.5 Å². The Morgan fingerprint density at radius 1 is 1.00 bits per heavy atom. The standard InChI is InChI=1S/C20H18ClNO6.2Na/c1-3-5-9-15(21)12-7-11-13(23)8-14(19(24)25)28-18(11)10(6-4-2)16(12)22-17(9)20(26)27;;/h7-8H,3-6H2,1-2H3,(H,24,25)(H,26,27);;. The van der Waals surface area contributed by atoms with Gasteiger partial charge in [0.1, 0.15) is 5.58 Å². The smallest absolute Gasteiger partial charge is 0.371 e. The minimum absolute atomic E-state index is 0. The molecule has 2 radical (unpaired) electrons. The van der Waals surface area contributed by atoms with Crippen LogP contribution < -0.4 is 5.43 Å². The van der Waals surface area contributed by atoms with Crippen LogP contribution in [-0.4, -0.2) is 86.3 Å². The van der Waals surface area contributed by atoms with E-state index in [0.717, 1.165) is 6.07 Å². The number of carboxylic acids is 2. The number of benzene rings is 1. The van der Waals surface area contributed by atoms with E-state index in [1.165, 1.54) is 6.07 Å². The monoisotopic (exact) mass is 449 g/mol. The Morgan fingerprint density at radius 3 is 2.13 bits per heavy atom. The van der Waals surface area contributed by atoms with Gasteiger partial charge in [0.15, 0.2) is 11.1 Å². The summed E-state index contributed by atoms with van der Waals surface area (Å²) >= 11 is 6.55. The summed E-state index contributed by atoms with van der Waals surface area (Å²) in [6.07, 6.45) is 2.16. The average molecular weight is 450 g/mol. The summed E-state index contributed by atoms with van der Waals surface area (Å²) in [5.41, 5.74) is 0.644. The fourth-order valence-electron chi connectivity index (χ4n) is 3.33. The van der Waals surface area contributed by atoms with Gasteiger partial charge in [-0.2, -0.15) is 0 Å². The zero-order chi connectivity index (χ0) is 20.6. The normalized spacial score (nSPS) is 10.5. The summed E-state index contributed by atoms with van der Waals surface area (Å²) in [4.78, 5) is 39.9. The average Bonchev–Trinajstić information content (AvgIpc) is 2.64. The molecule has 3 aromatic rings. The van der Waals surface area contributed by atoms with E-state index in [9.17, 15) is 24.6 Å². The van der Waals surface area contributed by atoms with Gasteiger partial charge in [0.2, 0.25) is 5.76 Å². The van der Waals surface area contributed by atoms with Gasteiger partial charge in [-0.25, -0.2) is 14.6 Å². The van der Waals surface area contributed by atoms with Gasteiger partial charge in [-0.15, -0.1) is 0 Å². The number of carboxylic acid groups (broad SMARTS) is 2. The number of rotatable bonds is 6. The Morgan fingerprint density at radius 2 is 1.60 bits per heavy atom. The number of aryl methyl sites for hydroxylation is 1. The number of hydrogen-bond acceptors (Lipinski definition) is 5. The van der Waals surface area contributed by atoms with E-state index in [1.54, 1.807) is 0 Å². The van der Waals surface area contributed by atoms with Gasteiger partial charge in [0.25, 0.3) is 0 Å². The number of aromatic nitrogens is 1. The summed E-state index contributed by atoms with van der Waals surface area (Å²) in [5.74, 6) is -3.05. The molecule has 2 heterocycles. The fourth-order valence-corrected chi connectivity index (χ4v) is 3.66. The molecule has 0 atom stereocenters. The number of pyridine rings is 1. The van der Waals surface area contributed by atoms with Gasteiger partial charge in [-0.05, 0) is 18.9 Å². The molecule has 0 aliphatic carbocycles. The summed E-state index contributed by atoms with van der Waals surface area (Å²) < 4.78 is 5.48. The van der Waals surface area contributed by atoms with Crippen LogP contribution in [0.15, 0.2) is 21.3 Å². The minimum atomic E-state index is -1.36. The number of nitrogens with zero attached hydrogens (tertiary/aromatic N) is 1. The molecule has 0 bridgehead atoms. The maximum Gasteiger partial charge on any atom is 0.371 e. The number of halogens is 1. The third-order valence-electron chi connectivity index (χ3n) is 4.51. The van der Waals surface area contributed by atoms with Crippen molar-refractivity contribution in [1.82, 2.24) is 4.98 Å². The van der Waals surface area contributed by atoms with Crippen LogP contribution in [-0.2, 0) is 12.8 Å².